The average Bonchev–Trinajstić information content (AvgIpc) is 2.67. The van der Waals surface area contributed by atoms with Gasteiger partial charge in [-0.1, -0.05) is 0 Å². The van der Waals surface area contributed by atoms with Crippen LogP contribution in [0.2, 0.25) is 0 Å². The van der Waals surface area contributed by atoms with Crippen molar-refractivity contribution in [3.63, 3.8) is 0 Å². The van der Waals surface area contributed by atoms with Crippen molar-refractivity contribution < 1.29 is 19.0 Å². The molecule has 0 saturated carbocycles. The van der Waals surface area contributed by atoms with Crippen molar-refractivity contribution in [1.29, 1.82) is 0 Å². The molecule has 0 aromatic rings. The Morgan fingerprint density at radius 1 is 1.12 bits per heavy atom. The Kier molecular flexibility index (Phi) is 6.49. The van der Waals surface area contributed by atoms with Gasteiger partial charge < -0.3 is 24.8 Å². The summed E-state index contributed by atoms with van der Waals surface area (Å²) >= 11 is 0. The Morgan fingerprint density at radius 3 is 2.50 bits per heavy atom. The van der Waals surface area contributed by atoms with Gasteiger partial charge in [0.05, 0.1) is 24.2 Å². The van der Waals surface area contributed by atoms with Crippen LogP contribution in [0.1, 0.15) is 44.9 Å². The van der Waals surface area contributed by atoms with E-state index in [0.717, 1.165) is 51.8 Å². The van der Waals surface area contributed by atoms with Gasteiger partial charge in [0.25, 0.3) is 0 Å². The Morgan fingerprint density at radius 2 is 1.88 bits per heavy atom. The van der Waals surface area contributed by atoms with E-state index < -0.39 is 5.41 Å². The molecule has 2 N–H and O–H groups in total. The summed E-state index contributed by atoms with van der Waals surface area (Å²) in [7, 11) is 0. The predicted octanol–water partition coefficient (Wildman–Crippen LogP) is 1.32. The van der Waals surface area contributed by atoms with Gasteiger partial charge in [-0.3, -0.25) is 4.79 Å². The van der Waals surface area contributed by atoms with E-state index in [-0.39, 0.29) is 18.1 Å². The molecule has 138 valence electrons. The summed E-state index contributed by atoms with van der Waals surface area (Å²) < 4.78 is 17.2. The van der Waals surface area contributed by atoms with E-state index in [1.54, 1.807) is 0 Å². The van der Waals surface area contributed by atoms with Crippen LogP contribution >= 0.6 is 0 Å². The molecular formula is C18H32N2O4. The number of amides is 1. The summed E-state index contributed by atoms with van der Waals surface area (Å²) in [5.41, 5.74) is 5.56. The van der Waals surface area contributed by atoms with Crippen LogP contribution in [0.25, 0.3) is 0 Å². The fraction of sp³-hybridized carbons (Fsp3) is 0.944. The van der Waals surface area contributed by atoms with Crippen LogP contribution in [0.4, 0.5) is 0 Å². The second kappa shape index (κ2) is 8.61. The number of carbonyl (C=O) groups is 1. The lowest BCUT2D eigenvalue weighted by molar-refractivity contribution is -0.150. The van der Waals surface area contributed by atoms with Crippen LogP contribution in [0.15, 0.2) is 0 Å². The van der Waals surface area contributed by atoms with Crippen molar-refractivity contribution >= 4 is 5.91 Å². The number of nitrogens with two attached hydrogens (primary N) is 1. The van der Waals surface area contributed by atoms with Crippen LogP contribution in [0.3, 0.4) is 0 Å². The third-order valence-electron chi connectivity index (χ3n) is 5.82. The number of likely N-dealkylation sites (tertiary alicyclic amines) is 1. The van der Waals surface area contributed by atoms with E-state index in [2.05, 4.69) is 0 Å². The molecule has 0 aromatic heterocycles. The molecule has 3 aliphatic rings. The number of piperidine rings is 1. The van der Waals surface area contributed by atoms with Crippen molar-refractivity contribution in [2.75, 3.05) is 46.1 Å². The van der Waals surface area contributed by atoms with Gasteiger partial charge in [-0.15, -0.1) is 0 Å². The first kappa shape index (κ1) is 18.1. The minimum Gasteiger partial charge on any atom is -0.381 e. The smallest absolute Gasteiger partial charge is 0.230 e. The summed E-state index contributed by atoms with van der Waals surface area (Å²) in [5.74, 6) is 0.224. The molecule has 3 saturated heterocycles. The lowest BCUT2D eigenvalue weighted by Crippen LogP contribution is -2.53. The maximum absolute atomic E-state index is 12.9. The van der Waals surface area contributed by atoms with E-state index in [9.17, 15) is 4.79 Å². The number of rotatable bonds is 5. The summed E-state index contributed by atoms with van der Waals surface area (Å²) in [6.07, 6.45) is 7.36. The highest BCUT2D eigenvalue weighted by atomic mass is 16.5. The van der Waals surface area contributed by atoms with Gasteiger partial charge in [0, 0.05) is 39.5 Å². The van der Waals surface area contributed by atoms with Crippen molar-refractivity contribution in [2.24, 2.45) is 11.1 Å². The molecule has 24 heavy (non-hydrogen) atoms. The summed E-state index contributed by atoms with van der Waals surface area (Å²) in [6, 6.07) is 0. The molecule has 3 rings (SSSR count). The second-order valence-corrected chi connectivity index (χ2v) is 7.41. The number of nitrogens with zero attached hydrogens (tertiary/aromatic N) is 1. The molecule has 6 nitrogen and oxygen atoms in total. The number of carbonyl (C=O) groups excluding carboxylic acids is 1. The van der Waals surface area contributed by atoms with Crippen molar-refractivity contribution in [2.45, 2.75) is 57.2 Å². The summed E-state index contributed by atoms with van der Waals surface area (Å²) in [5, 5.41) is 0. The Bertz CT molecular complexity index is 398. The van der Waals surface area contributed by atoms with Crippen LogP contribution < -0.4 is 5.73 Å². The van der Waals surface area contributed by atoms with Gasteiger partial charge in [-0.2, -0.15) is 0 Å². The third-order valence-corrected chi connectivity index (χ3v) is 5.82. The van der Waals surface area contributed by atoms with Crippen LogP contribution in [0, 0.1) is 5.41 Å². The normalized spacial score (nSPS) is 28.7. The molecule has 3 aliphatic heterocycles. The lowest BCUT2D eigenvalue weighted by atomic mass is 9.78. The third kappa shape index (κ3) is 4.28. The summed E-state index contributed by atoms with van der Waals surface area (Å²) in [4.78, 5) is 14.9. The molecule has 0 radical (unpaired) electrons. The fourth-order valence-electron chi connectivity index (χ4n) is 4.01. The first-order valence-corrected chi connectivity index (χ1v) is 9.54. The molecule has 1 amide bonds. The number of hydrogen-bond acceptors (Lipinski definition) is 5. The van der Waals surface area contributed by atoms with Crippen molar-refractivity contribution in [3.8, 4) is 0 Å². The molecule has 0 bridgehead atoms. The monoisotopic (exact) mass is 340 g/mol. The topological polar surface area (TPSA) is 74.0 Å². The molecule has 0 aromatic carbocycles. The fourth-order valence-corrected chi connectivity index (χ4v) is 4.01. The standard InChI is InChI=1S/C18H32N2O4/c19-14-18(6-11-22-12-7-18)17(21)20-8-4-15(5-9-20)24-13-16-3-1-2-10-23-16/h15-16H,1-14,19H2. The first-order valence-electron chi connectivity index (χ1n) is 9.54. The summed E-state index contributed by atoms with van der Waals surface area (Å²) in [6.45, 7) is 4.82. The highest BCUT2D eigenvalue weighted by Gasteiger charge is 2.42. The molecule has 0 spiro atoms. The minimum absolute atomic E-state index is 0.224. The number of ether oxygens (including phenoxy) is 3. The molecular weight excluding hydrogens is 308 g/mol. The Hall–Kier alpha value is -0.690. The molecule has 0 aliphatic carbocycles. The predicted molar refractivity (Wildman–Crippen MR) is 90.7 cm³/mol. The van der Waals surface area contributed by atoms with E-state index in [0.29, 0.717) is 26.4 Å². The molecule has 1 atom stereocenters. The largest absolute Gasteiger partial charge is 0.381 e. The zero-order valence-electron chi connectivity index (χ0n) is 14.7. The second-order valence-electron chi connectivity index (χ2n) is 7.41. The Labute approximate surface area is 145 Å². The molecule has 1 unspecified atom stereocenters. The quantitative estimate of drug-likeness (QED) is 0.817. The van der Waals surface area contributed by atoms with Gasteiger partial charge in [0.15, 0.2) is 0 Å². The molecule has 6 heteroatoms. The van der Waals surface area contributed by atoms with E-state index >= 15 is 0 Å². The van der Waals surface area contributed by atoms with E-state index in [1.165, 1.54) is 12.8 Å². The van der Waals surface area contributed by atoms with Gasteiger partial charge >= 0.3 is 0 Å². The van der Waals surface area contributed by atoms with Gasteiger partial charge in [0.2, 0.25) is 5.91 Å². The van der Waals surface area contributed by atoms with Crippen molar-refractivity contribution in [1.82, 2.24) is 4.90 Å². The maximum Gasteiger partial charge on any atom is 0.230 e. The highest BCUT2D eigenvalue weighted by Crippen LogP contribution is 2.33. The zero-order valence-corrected chi connectivity index (χ0v) is 14.7. The van der Waals surface area contributed by atoms with Crippen molar-refractivity contribution in [3.05, 3.63) is 0 Å². The van der Waals surface area contributed by atoms with Crippen LogP contribution in [-0.4, -0.2) is 69.1 Å². The lowest BCUT2D eigenvalue weighted by Gasteiger charge is -2.41. The van der Waals surface area contributed by atoms with Gasteiger partial charge in [-0.25, -0.2) is 0 Å². The highest BCUT2D eigenvalue weighted by molar-refractivity contribution is 5.83. The average molecular weight is 340 g/mol. The molecule has 3 heterocycles. The van der Waals surface area contributed by atoms with Crippen LogP contribution in [0.5, 0.6) is 0 Å². The van der Waals surface area contributed by atoms with Crippen LogP contribution in [-0.2, 0) is 19.0 Å². The van der Waals surface area contributed by atoms with E-state index in [1.807, 2.05) is 4.90 Å². The zero-order chi connectivity index (χ0) is 16.8. The first-order chi connectivity index (χ1) is 11.7. The van der Waals surface area contributed by atoms with E-state index in [4.69, 9.17) is 19.9 Å². The van der Waals surface area contributed by atoms with Gasteiger partial charge in [-0.05, 0) is 44.9 Å². The number of hydrogen-bond donors (Lipinski definition) is 1. The molecule has 3 fully saturated rings. The minimum atomic E-state index is -0.401. The van der Waals surface area contributed by atoms with Gasteiger partial charge in [0.1, 0.15) is 0 Å². The Balaban J connectivity index is 1.43. The maximum atomic E-state index is 12.9. The SMILES string of the molecule is NCC1(C(=O)N2CCC(OCC3CCCCO3)CC2)CCOCC1.